The van der Waals surface area contributed by atoms with E-state index in [1.807, 2.05) is 0 Å². The Kier molecular flexibility index (Phi) is 4.41. The van der Waals surface area contributed by atoms with Crippen LogP contribution in [-0.4, -0.2) is 52.6 Å². The SMILES string of the molecule is O=C(CN1CCC[C@H](O)C1)N(C1=CCCCC1)C1CC1. The van der Waals surface area contributed by atoms with Crippen LogP contribution in [0.5, 0.6) is 0 Å². The third kappa shape index (κ3) is 3.41. The largest absolute Gasteiger partial charge is 0.392 e. The van der Waals surface area contributed by atoms with E-state index in [-0.39, 0.29) is 12.0 Å². The fourth-order valence-electron chi connectivity index (χ4n) is 3.41. The zero-order valence-electron chi connectivity index (χ0n) is 12.3. The van der Waals surface area contributed by atoms with E-state index in [1.54, 1.807) is 0 Å². The smallest absolute Gasteiger partial charge is 0.241 e. The lowest BCUT2D eigenvalue weighted by molar-refractivity contribution is -0.131. The van der Waals surface area contributed by atoms with Crippen LogP contribution >= 0.6 is 0 Å². The van der Waals surface area contributed by atoms with Gasteiger partial charge in [-0.15, -0.1) is 0 Å². The molecule has 1 N–H and O–H groups in total. The van der Waals surface area contributed by atoms with Gasteiger partial charge in [0.1, 0.15) is 0 Å². The lowest BCUT2D eigenvalue weighted by Gasteiger charge is -2.33. The van der Waals surface area contributed by atoms with Gasteiger partial charge >= 0.3 is 0 Å². The highest BCUT2D eigenvalue weighted by molar-refractivity contribution is 5.80. The molecule has 4 nitrogen and oxygen atoms in total. The number of aliphatic hydroxyl groups excluding tert-OH is 1. The molecule has 0 aromatic rings. The van der Waals surface area contributed by atoms with Gasteiger partial charge in [-0.2, -0.15) is 0 Å². The summed E-state index contributed by atoms with van der Waals surface area (Å²) in [6.07, 6.45) is 10.9. The molecular formula is C16H26N2O2. The summed E-state index contributed by atoms with van der Waals surface area (Å²) in [5.74, 6) is 0.245. The van der Waals surface area contributed by atoms with Crippen molar-refractivity contribution in [3.05, 3.63) is 11.8 Å². The topological polar surface area (TPSA) is 43.8 Å². The van der Waals surface area contributed by atoms with Crippen molar-refractivity contribution < 1.29 is 9.90 Å². The second-order valence-corrected chi connectivity index (χ2v) is 6.47. The first-order chi connectivity index (χ1) is 9.74. The summed E-state index contributed by atoms with van der Waals surface area (Å²) in [7, 11) is 0. The predicted molar refractivity (Wildman–Crippen MR) is 78.1 cm³/mol. The fraction of sp³-hybridized carbons (Fsp3) is 0.812. The second kappa shape index (κ2) is 6.27. The molecule has 0 radical (unpaired) electrons. The van der Waals surface area contributed by atoms with Crippen LogP contribution < -0.4 is 0 Å². The molecule has 0 aromatic carbocycles. The molecule has 0 aromatic heterocycles. The van der Waals surface area contributed by atoms with Crippen molar-refractivity contribution in [1.82, 2.24) is 9.80 Å². The maximum absolute atomic E-state index is 12.7. The molecule has 0 spiro atoms. The first-order valence-electron chi connectivity index (χ1n) is 8.15. The molecule has 0 bridgehead atoms. The Morgan fingerprint density at radius 2 is 2.15 bits per heavy atom. The van der Waals surface area contributed by atoms with Gasteiger partial charge in [0.15, 0.2) is 0 Å². The number of hydrogen-bond acceptors (Lipinski definition) is 3. The number of allylic oxidation sites excluding steroid dienone is 2. The molecule has 1 saturated carbocycles. The van der Waals surface area contributed by atoms with E-state index >= 15 is 0 Å². The normalized spacial score (nSPS) is 28.1. The Bertz CT molecular complexity index is 390. The molecule has 1 atom stereocenters. The molecule has 2 aliphatic carbocycles. The molecule has 112 valence electrons. The Balaban J connectivity index is 1.62. The highest BCUT2D eigenvalue weighted by Gasteiger charge is 2.35. The minimum absolute atomic E-state index is 0.245. The van der Waals surface area contributed by atoms with E-state index in [2.05, 4.69) is 15.9 Å². The van der Waals surface area contributed by atoms with Gasteiger partial charge in [-0.3, -0.25) is 9.69 Å². The summed E-state index contributed by atoms with van der Waals surface area (Å²) in [5.41, 5.74) is 1.27. The molecule has 1 heterocycles. The number of carbonyl (C=O) groups excluding carboxylic acids is 1. The van der Waals surface area contributed by atoms with Gasteiger partial charge < -0.3 is 10.0 Å². The quantitative estimate of drug-likeness (QED) is 0.854. The number of rotatable bonds is 4. The van der Waals surface area contributed by atoms with Crippen LogP contribution in [0.4, 0.5) is 0 Å². The van der Waals surface area contributed by atoms with Crippen molar-refractivity contribution in [2.75, 3.05) is 19.6 Å². The average Bonchev–Trinajstić information content (AvgIpc) is 3.25. The number of likely N-dealkylation sites (tertiary alicyclic amines) is 1. The lowest BCUT2D eigenvalue weighted by atomic mass is 10.0. The zero-order chi connectivity index (χ0) is 13.9. The second-order valence-electron chi connectivity index (χ2n) is 6.47. The van der Waals surface area contributed by atoms with E-state index in [9.17, 15) is 9.90 Å². The van der Waals surface area contributed by atoms with Crippen molar-refractivity contribution >= 4 is 5.91 Å². The summed E-state index contributed by atoms with van der Waals surface area (Å²) in [5, 5.41) is 9.72. The molecular weight excluding hydrogens is 252 g/mol. The van der Waals surface area contributed by atoms with Crippen LogP contribution in [0.15, 0.2) is 11.8 Å². The number of amides is 1. The standard InChI is InChI=1S/C16H26N2O2/c19-15-7-4-10-17(11-15)12-16(20)18(14-8-9-14)13-5-2-1-3-6-13/h5,14-15,19H,1-4,6-12H2/t15-/m0/s1. The van der Waals surface area contributed by atoms with Gasteiger partial charge in [0, 0.05) is 18.3 Å². The summed E-state index contributed by atoms with van der Waals surface area (Å²) >= 11 is 0. The first-order valence-corrected chi connectivity index (χ1v) is 8.15. The maximum Gasteiger partial charge on any atom is 0.241 e. The van der Waals surface area contributed by atoms with Gasteiger partial charge in [0.25, 0.3) is 0 Å². The number of carbonyl (C=O) groups is 1. The molecule has 1 amide bonds. The summed E-state index contributed by atoms with van der Waals surface area (Å²) in [6, 6.07) is 0.460. The Labute approximate surface area is 121 Å². The van der Waals surface area contributed by atoms with Gasteiger partial charge in [-0.05, 0) is 57.9 Å². The third-order valence-electron chi connectivity index (χ3n) is 4.60. The number of aliphatic hydroxyl groups is 1. The highest BCUT2D eigenvalue weighted by Crippen LogP contribution is 2.33. The number of β-amino-alcohol motifs (C(OH)–C–C–N with tert-alkyl or cyclic N) is 1. The maximum atomic E-state index is 12.7. The Morgan fingerprint density at radius 3 is 2.80 bits per heavy atom. The van der Waals surface area contributed by atoms with Crippen molar-refractivity contribution in [3.8, 4) is 0 Å². The number of nitrogens with zero attached hydrogens (tertiary/aromatic N) is 2. The highest BCUT2D eigenvalue weighted by atomic mass is 16.3. The predicted octanol–water partition coefficient (Wildman–Crippen LogP) is 1.89. The van der Waals surface area contributed by atoms with Crippen molar-refractivity contribution in [2.45, 2.75) is 63.5 Å². The molecule has 0 unspecified atom stereocenters. The number of piperidine rings is 1. The van der Waals surface area contributed by atoms with Crippen LogP contribution in [0.2, 0.25) is 0 Å². The van der Waals surface area contributed by atoms with Crippen LogP contribution in [0, 0.1) is 0 Å². The monoisotopic (exact) mass is 278 g/mol. The molecule has 1 aliphatic heterocycles. The van der Waals surface area contributed by atoms with Crippen molar-refractivity contribution in [3.63, 3.8) is 0 Å². The van der Waals surface area contributed by atoms with E-state index in [4.69, 9.17) is 0 Å². The lowest BCUT2D eigenvalue weighted by Crippen LogP contribution is -2.46. The van der Waals surface area contributed by atoms with Crippen molar-refractivity contribution in [1.29, 1.82) is 0 Å². The van der Waals surface area contributed by atoms with Crippen LogP contribution in [0.1, 0.15) is 51.4 Å². The van der Waals surface area contributed by atoms with E-state index < -0.39 is 0 Å². The minimum atomic E-state index is -0.250. The fourth-order valence-corrected chi connectivity index (χ4v) is 3.41. The molecule has 20 heavy (non-hydrogen) atoms. The number of hydrogen-bond donors (Lipinski definition) is 1. The van der Waals surface area contributed by atoms with E-state index in [1.165, 1.54) is 18.5 Å². The average molecular weight is 278 g/mol. The van der Waals surface area contributed by atoms with Crippen LogP contribution in [0.25, 0.3) is 0 Å². The summed E-state index contributed by atoms with van der Waals surface area (Å²) in [6.45, 7) is 2.08. The van der Waals surface area contributed by atoms with Gasteiger partial charge in [-0.25, -0.2) is 0 Å². The summed E-state index contributed by atoms with van der Waals surface area (Å²) in [4.78, 5) is 16.9. The van der Waals surface area contributed by atoms with Crippen molar-refractivity contribution in [2.24, 2.45) is 0 Å². The Hall–Kier alpha value is -0.870. The van der Waals surface area contributed by atoms with Gasteiger partial charge in [0.2, 0.25) is 5.91 Å². The minimum Gasteiger partial charge on any atom is -0.392 e. The summed E-state index contributed by atoms with van der Waals surface area (Å²) < 4.78 is 0. The van der Waals surface area contributed by atoms with Crippen LogP contribution in [0.3, 0.4) is 0 Å². The zero-order valence-corrected chi connectivity index (χ0v) is 12.3. The molecule has 3 aliphatic rings. The van der Waals surface area contributed by atoms with Gasteiger partial charge in [-0.1, -0.05) is 6.08 Å². The molecule has 4 heteroatoms. The molecule has 3 rings (SSSR count). The van der Waals surface area contributed by atoms with Crippen LogP contribution in [-0.2, 0) is 4.79 Å². The first kappa shape index (κ1) is 14.1. The Morgan fingerprint density at radius 1 is 1.30 bits per heavy atom. The third-order valence-corrected chi connectivity index (χ3v) is 4.60. The van der Waals surface area contributed by atoms with E-state index in [0.29, 0.717) is 19.1 Å². The molecule has 1 saturated heterocycles. The van der Waals surface area contributed by atoms with E-state index in [0.717, 1.165) is 45.1 Å². The molecule has 2 fully saturated rings. The van der Waals surface area contributed by atoms with Gasteiger partial charge in [0.05, 0.1) is 12.6 Å².